The summed E-state index contributed by atoms with van der Waals surface area (Å²) in [5.74, 6) is 1.23. The maximum Gasteiger partial charge on any atom is 0.174 e. The van der Waals surface area contributed by atoms with Gasteiger partial charge in [-0.1, -0.05) is 65.8 Å². The number of hydrogen-bond donors (Lipinski definition) is 1. The van der Waals surface area contributed by atoms with Gasteiger partial charge in [-0.05, 0) is 29.7 Å². The van der Waals surface area contributed by atoms with Gasteiger partial charge in [-0.15, -0.1) is 0 Å². The van der Waals surface area contributed by atoms with Crippen LogP contribution in [-0.4, -0.2) is 10.1 Å². The molecule has 4 rings (SSSR count). The second-order valence-corrected chi connectivity index (χ2v) is 6.20. The van der Waals surface area contributed by atoms with Crippen LogP contribution in [0.15, 0.2) is 89.7 Å². The van der Waals surface area contributed by atoms with Crippen molar-refractivity contribution in [3.63, 3.8) is 0 Å². The second-order valence-electron chi connectivity index (χ2n) is 6.20. The van der Waals surface area contributed by atoms with Gasteiger partial charge >= 0.3 is 0 Å². The molecule has 2 aromatic heterocycles. The zero-order chi connectivity index (χ0) is 17.8. The molecule has 0 aliphatic heterocycles. The Morgan fingerprint density at radius 2 is 1.62 bits per heavy atom. The molecular formula is C22H19N3O. The molecule has 2 heterocycles. The Morgan fingerprint density at radius 3 is 2.35 bits per heavy atom. The van der Waals surface area contributed by atoms with Gasteiger partial charge in [0.05, 0.1) is 11.8 Å². The van der Waals surface area contributed by atoms with E-state index < -0.39 is 0 Å². The molecule has 0 aliphatic carbocycles. The van der Waals surface area contributed by atoms with Crippen LogP contribution < -0.4 is 5.73 Å². The van der Waals surface area contributed by atoms with Crippen LogP contribution in [0.4, 0.5) is 5.82 Å². The summed E-state index contributed by atoms with van der Waals surface area (Å²) in [5, 5.41) is 4.07. The molecule has 0 aliphatic rings. The standard InChI is InChI=1S/C22H19N3O/c23-22-18(12-7-13-24-22)21-20(15-25-26-21)19(17-10-5-2-6-11-17)14-16-8-3-1-4-9-16/h1-13,15,19H,14H2,(H2,23,24). The van der Waals surface area contributed by atoms with Crippen molar-refractivity contribution in [3.05, 3.63) is 102 Å². The van der Waals surface area contributed by atoms with E-state index in [4.69, 9.17) is 10.3 Å². The van der Waals surface area contributed by atoms with Gasteiger partial charge in [0.15, 0.2) is 5.76 Å². The SMILES string of the molecule is Nc1ncccc1-c1oncc1C(Cc1ccccc1)c1ccccc1. The van der Waals surface area contributed by atoms with Gasteiger partial charge in [-0.3, -0.25) is 0 Å². The summed E-state index contributed by atoms with van der Waals surface area (Å²) in [6.07, 6.45) is 4.31. The molecule has 0 amide bonds. The molecule has 0 fully saturated rings. The zero-order valence-electron chi connectivity index (χ0n) is 14.2. The molecule has 26 heavy (non-hydrogen) atoms. The molecule has 4 nitrogen and oxygen atoms in total. The van der Waals surface area contributed by atoms with E-state index in [1.165, 1.54) is 11.1 Å². The van der Waals surface area contributed by atoms with E-state index in [9.17, 15) is 0 Å². The lowest BCUT2D eigenvalue weighted by Gasteiger charge is -2.17. The first-order chi connectivity index (χ1) is 12.8. The van der Waals surface area contributed by atoms with Gasteiger partial charge in [-0.25, -0.2) is 4.98 Å². The van der Waals surface area contributed by atoms with Crippen molar-refractivity contribution in [2.24, 2.45) is 0 Å². The Kier molecular flexibility index (Phi) is 4.48. The van der Waals surface area contributed by atoms with Crippen LogP contribution >= 0.6 is 0 Å². The molecule has 0 radical (unpaired) electrons. The summed E-state index contributed by atoms with van der Waals surface area (Å²) < 4.78 is 5.60. The first kappa shape index (κ1) is 16.1. The highest BCUT2D eigenvalue weighted by Gasteiger charge is 2.23. The number of nitrogens with zero attached hydrogens (tertiary/aromatic N) is 2. The normalized spacial score (nSPS) is 12.0. The lowest BCUT2D eigenvalue weighted by atomic mass is 9.85. The van der Waals surface area contributed by atoms with Gasteiger partial charge in [0, 0.05) is 17.7 Å². The fourth-order valence-corrected chi connectivity index (χ4v) is 3.25. The first-order valence-electron chi connectivity index (χ1n) is 8.57. The van der Waals surface area contributed by atoms with Crippen molar-refractivity contribution in [3.8, 4) is 11.3 Å². The molecule has 0 saturated carbocycles. The third-order valence-electron chi connectivity index (χ3n) is 4.54. The van der Waals surface area contributed by atoms with Crippen LogP contribution in [0.25, 0.3) is 11.3 Å². The molecule has 0 bridgehead atoms. The zero-order valence-corrected chi connectivity index (χ0v) is 14.2. The molecule has 4 aromatic rings. The Morgan fingerprint density at radius 1 is 0.885 bits per heavy atom. The van der Waals surface area contributed by atoms with Crippen LogP contribution in [0.1, 0.15) is 22.6 Å². The van der Waals surface area contributed by atoms with E-state index in [2.05, 4.69) is 58.7 Å². The van der Waals surface area contributed by atoms with E-state index in [0.29, 0.717) is 11.6 Å². The predicted molar refractivity (Wildman–Crippen MR) is 103 cm³/mol. The average molecular weight is 341 g/mol. The minimum absolute atomic E-state index is 0.111. The number of aromatic nitrogens is 2. The van der Waals surface area contributed by atoms with Crippen molar-refractivity contribution >= 4 is 5.82 Å². The maximum absolute atomic E-state index is 6.07. The lowest BCUT2D eigenvalue weighted by molar-refractivity contribution is 0.431. The van der Waals surface area contributed by atoms with E-state index in [0.717, 1.165) is 17.5 Å². The molecule has 2 aromatic carbocycles. The van der Waals surface area contributed by atoms with Gasteiger partial charge in [0.2, 0.25) is 0 Å². The van der Waals surface area contributed by atoms with Crippen molar-refractivity contribution < 1.29 is 4.52 Å². The van der Waals surface area contributed by atoms with E-state index in [1.807, 2.05) is 24.3 Å². The second kappa shape index (κ2) is 7.23. The highest BCUT2D eigenvalue weighted by Crippen LogP contribution is 2.37. The van der Waals surface area contributed by atoms with E-state index in [-0.39, 0.29) is 5.92 Å². The minimum Gasteiger partial charge on any atom is -0.383 e. The largest absolute Gasteiger partial charge is 0.383 e. The van der Waals surface area contributed by atoms with Crippen molar-refractivity contribution in [2.45, 2.75) is 12.3 Å². The Hall–Kier alpha value is -3.40. The summed E-state index contributed by atoms with van der Waals surface area (Å²) in [6, 6.07) is 24.6. The molecule has 2 N–H and O–H groups in total. The molecule has 0 spiro atoms. The summed E-state index contributed by atoms with van der Waals surface area (Å²) in [6.45, 7) is 0. The quantitative estimate of drug-likeness (QED) is 0.572. The maximum atomic E-state index is 6.07. The molecule has 0 saturated heterocycles. The van der Waals surface area contributed by atoms with Crippen LogP contribution in [-0.2, 0) is 6.42 Å². The number of rotatable bonds is 5. The van der Waals surface area contributed by atoms with Crippen LogP contribution in [0.3, 0.4) is 0 Å². The minimum atomic E-state index is 0.111. The molecule has 128 valence electrons. The fraction of sp³-hybridized carbons (Fsp3) is 0.0909. The van der Waals surface area contributed by atoms with Crippen LogP contribution in [0.5, 0.6) is 0 Å². The monoisotopic (exact) mass is 341 g/mol. The van der Waals surface area contributed by atoms with E-state index >= 15 is 0 Å². The summed E-state index contributed by atoms with van der Waals surface area (Å²) in [4.78, 5) is 4.18. The molecule has 1 atom stereocenters. The van der Waals surface area contributed by atoms with Gasteiger partial charge in [0.1, 0.15) is 5.82 Å². The Balaban J connectivity index is 1.81. The smallest absolute Gasteiger partial charge is 0.174 e. The first-order valence-corrected chi connectivity index (χ1v) is 8.57. The number of nitrogen functional groups attached to an aromatic ring is 1. The molecule has 1 unspecified atom stereocenters. The topological polar surface area (TPSA) is 64.9 Å². The highest BCUT2D eigenvalue weighted by molar-refractivity contribution is 5.72. The van der Waals surface area contributed by atoms with Crippen LogP contribution in [0.2, 0.25) is 0 Å². The number of benzene rings is 2. The number of hydrogen-bond acceptors (Lipinski definition) is 4. The van der Waals surface area contributed by atoms with Gasteiger partial charge in [-0.2, -0.15) is 0 Å². The summed E-state index contributed by atoms with van der Waals surface area (Å²) in [7, 11) is 0. The van der Waals surface area contributed by atoms with Crippen molar-refractivity contribution in [2.75, 3.05) is 5.73 Å². The average Bonchev–Trinajstić information content (AvgIpc) is 3.17. The molecular weight excluding hydrogens is 322 g/mol. The Bertz CT molecular complexity index is 980. The number of nitrogens with two attached hydrogens (primary N) is 1. The van der Waals surface area contributed by atoms with Crippen LogP contribution in [0, 0.1) is 0 Å². The fourth-order valence-electron chi connectivity index (χ4n) is 3.25. The lowest BCUT2D eigenvalue weighted by Crippen LogP contribution is -2.06. The van der Waals surface area contributed by atoms with Crippen molar-refractivity contribution in [1.82, 2.24) is 10.1 Å². The highest BCUT2D eigenvalue weighted by atomic mass is 16.5. The number of pyridine rings is 1. The predicted octanol–water partition coefficient (Wildman–Crippen LogP) is 4.69. The summed E-state index contributed by atoms with van der Waals surface area (Å²) in [5.41, 5.74) is 10.3. The number of anilines is 1. The Labute approximate surface area is 152 Å². The third-order valence-corrected chi connectivity index (χ3v) is 4.54. The summed E-state index contributed by atoms with van der Waals surface area (Å²) >= 11 is 0. The third kappa shape index (κ3) is 3.22. The van der Waals surface area contributed by atoms with E-state index in [1.54, 1.807) is 12.4 Å². The van der Waals surface area contributed by atoms with Gasteiger partial charge in [0.25, 0.3) is 0 Å². The van der Waals surface area contributed by atoms with Gasteiger partial charge < -0.3 is 10.3 Å². The van der Waals surface area contributed by atoms with Crippen molar-refractivity contribution in [1.29, 1.82) is 0 Å². The molecule has 4 heteroatoms.